The van der Waals surface area contributed by atoms with Crippen LogP contribution < -0.4 is 4.90 Å². The average molecular weight is 656 g/mol. The highest BCUT2D eigenvalue weighted by molar-refractivity contribution is 9.09. The zero-order valence-electron chi connectivity index (χ0n) is 24.2. The standard InChI is InChI=1S/C33H39BrN2O5S/c1-5-7-10-16-41-32(40)26-27-30(38)36(25(19-37)20(3)4)29(33(27)18-24(34)28(26)42-33)31(39)35(15-6-2)23-14-13-21-11-8-9-12-22(21)17-23/h5-6,8-9,11-14,17,20,24-29,37H,1-2,7,10,15-16,18-19H2,3-4H3/t24?,25-,26-,27-,28-,29?,33?/m0/s1. The third kappa shape index (κ3) is 5.11. The maximum atomic E-state index is 14.9. The Morgan fingerprint density at radius 2 is 1.95 bits per heavy atom. The van der Waals surface area contributed by atoms with Gasteiger partial charge >= 0.3 is 5.97 Å². The molecule has 0 radical (unpaired) electrons. The van der Waals surface area contributed by atoms with E-state index in [1.807, 2.05) is 56.3 Å². The van der Waals surface area contributed by atoms with Crippen molar-refractivity contribution in [1.82, 2.24) is 4.90 Å². The number of rotatable bonds is 12. The summed E-state index contributed by atoms with van der Waals surface area (Å²) in [5.41, 5.74) is 0.710. The summed E-state index contributed by atoms with van der Waals surface area (Å²) >= 11 is 5.38. The van der Waals surface area contributed by atoms with Crippen molar-refractivity contribution in [3.05, 3.63) is 67.8 Å². The molecule has 7 nitrogen and oxygen atoms in total. The van der Waals surface area contributed by atoms with E-state index in [-0.39, 0.29) is 47.6 Å². The molecule has 3 fully saturated rings. The van der Waals surface area contributed by atoms with Crippen LogP contribution in [0.1, 0.15) is 33.1 Å². The largest absolute Gasteiger partial charge is 0.465 e. The molecule has 0 aromatic heterocycles. The van der Waals surface area contributed by atoms with Crippen LogP contribution in [0.15, 0.2) is 67.8 Å². The molecule has 2 aromatic carbocycles. The van der Waals surface area contributed by atoms with Crippen LogP contribution >= 0.6 is 27.7 Å². The number of carbonyl (C=O) groups excluding carboxylic acids is 3. The zero-order valence-corrected chi connectivity index (χ0v) is 26.6. The number of fused-ring (bicyclic) bond motifs is 2. The first-order chi connectivity index (χ1) is 20.2. The summed E-state index contributed by atoms with van der Waals surface area (Å²) < 4.78 is 4.86. The number of ether oxygens (including phenoxy) is 1. The number of thioether (sulfide) groups is 1. The molecule has 0 aliphatic carbocycles. The first kappa shape index (κ1) is 30.8. The van der Waals surface area contributed by atoms with Gasteiger partial charge in [0, 0.05) is 22.3 Å². The molecule has 1 spiro atoms. The van der Waals surface area contributed by atoms with Crippen LogP contribution in [0.4, 0.5) is 5.69 Å². The third-order valence-corrected chi connectivity index (χ3v) is 12.2. The molecule has 3 unspecified atom stereocenters. The molecule has 3 heterocycles. The lowest BCUT2D eigenvalue weighted by Crippen LogP contribution is -2.59. The number of allylic oxidation sites excluding steroid dienone is 1. The smallest absolute Gasteiger partial charge is 0.310 e. The van der Waals surface area contributed by atoms with Gasteiger partial charge in [-0.3, -0.25) is 14.4 Å². The van der Waals surface area contributed by atoms with Gasteiger partial charge in [-0.15, -0.1) is 24.9 Å². The Kier molecular flexibility index (Phi) is 9.21. The quantitative estimate of drug-likeness (QED) is 0.144. The lowest BCUT2D eigenvalue weighted by molar-refractivity contribution is -0.154. The van der Waals surface area contributed by atoms with Crippen LogP contribution in [0.2, 0.25) is 0 Å². The fourth-order valence-electron chi connectivity index (χ4n) is 7.03. The summed E-state index contributed by atoms with van der Waals surface area (Å²) in [4.78, 5) is 46.1. The van der Waals surface area contributed by atoms with Crippen LogP contribution in [0, 0.1) is 17.8 Å². The van der Waals surface area contributed by atoms with Gasteiger partial charge in [0.15, 0.2) is 0 Å². The van der Waals surface area contributed by atoms with Crippen molar-refractivity contribution in [3.8, 4) is 0 Å². The molecular formula is C33H39BrN2O5S. The summed E-state index contributed by atoms with van der Waals surface area (Å²) in [6.07, 6.45) is 5.42. The number of halogens is 1. The molecule has 2 aromatic rings. The van der Waals surface area contributed by atoms with Crippen molar-refractivity contribution in [3.63, 3.8) is 0 Å². The van der Waals surface area contributed by atoms with Crippen molar-refractivity contribution in [2.75, 3.05) is 24.7 Å². The number of hydrogen-bond acceptors (Lipinski definition) is 6. The van der Waals surface area contributed by atoms with Crippen LogP contribution in [0.5, 0.6) is 0 Å². The summed E-state index contributed by atoms with van der Waals surface area (Å²) in [5, 5.41) is 12.4. The molecule has 7 atom stereocenters. The number of aliphatic hydroxyl groups is 1. The minimum atomic E-state index is -0.866. The van der Waals surface area contributed by atoms with Crippen LogP contribution in [-0.4, -0.2) is 74.5 Å². The second kappa shape index (κ2) is 12.5. The topological polar surface area (TPSA) is 87.1 Å². The molecule has 3 saturated heterocycles. The second-order valence-electron chi connectivity index (χ2n) is 11.8. The number of alkyl halides is 1. The minimum Gasteiger partial charge on any atom is -0.465 e. The number of nitrogens with zero attached hydrogens (tertiary/aromatic N) is 2. The Balaban J connectivity index is 1.58. The molecular weight excluding hydrogens is 616 g/mol. The molecule has 1 N–H and O–H groups in total. The van der Waals surface area contributed by atoms with E-state index in [4.69, 9.17) is 4.74 Å². The fourth-order valence-corrected chi connectivity index (χ4v) is 10.6. The van der Waals surface area contributed by atoms with Crippen molar-refractivity contribution in [1.29, 1.82) is 0 Å². The molecule has 3 aliphatic rings. The highest BCUT2D eigenvalue weighted by Crippen LogP contribution is 2.68. The van der Waals surface area contributed by atoms with Gasteiger partial charge in [-0.1, -0.05) is 72.3 Å². The number of unbranched alkanes of at least 4 members (excludes halogenated alkanes) is 1. The maximum absolute atomic E-state index is 14.9. The van der Waals surface area contributed by atoms with Crippen LogP contribution in [-0.2, 0) is 19.1 Å². The molecule has 5 rings (SSSR count). The number of esters is 1. The molecule has 2 bridgehead atoms. The second-order valence-corrected chi connectivity index (χ2v) is 14.5. The molecule has 42 heavy (non-hydrogen) atoms. The van der Waals surface area contributed by atoms with Crippen LogP contribution in [0.3, 0.4) is 0 Å². The monoisotopic (exact) mass is 654 g/mol. The summed E-state index contributed by atoms with van der Waals surface area (Å²) in [6, 6.07) is 12.4. The van der Waals surface area contributed by atoms with Gasteiger partial charge in [-0.25, -0.2) is 0 Å². The normalized spacial score (nSPS) is 28.6. The van der Waals surface area contributed by atoms with Gasteiger partial charge in [0.05, 0.1) is 35.8 Å². The highest BCUT2D eigenvalue weighted by Gasteiger charge is 2.76. The van der Waals surface area contributed by atoms with Gasteiger partial charge < -0.3 is 19.6 Å². The average Bonchev–Trinajstić information content (AvgIpc) is 3.57. The molecule has 2 amide bonds. The van der Waals surface area contributed by atoms with Gasteiger partial charge in [0.2, 0.25) is 5.91 Å². The number of amides is 2. The zero-order chi connectivity index (χ0) is 30.2. The first-order valence-corrected chi connectivity index (χ1v) is 16.4. The van der Waals surface area contributed by atoms with Gasteiger partial charge in [-0.05, 0) is 48.1 Å². The number of hydrogen-bond donors (Lipinski definition) is 1. The Bertz CT molecular complexity index is 1380. The Morgan fingerprint density at radius 1 is 1.21 bits per heavy atom. The van der Waals surface area contributed by atoms with E-state index in [0.717, 1.165) is 17.2 Å². The van der Waals surface area contributed by atoms with Crippen LogP contribution in [0.25, 0.3) is 10.8 Å². The molecule has 224 valence electrons. The molecule has 3 aliphatic heterocycles. The number of anilines is 1. The van der Waals surface area contributed by atoms with Crippen molar-refractivity contribution in [2.24, 2.45) is 17.8 Å². The summed E-state index contributed by atoms with van der Waals surface area (Å²) in [6.45, 7) is 11.7. The van der Waals surface area contributed by atoms with Crippen molar-refractivity contribution in [2.45, 2.75) is 60.0 Å². The fraction of sp³-hybridized carbons (Fsp3) is 0.485. The maximum Gasteiger partial charge on any atom is 0.310 e. The lowest BCUT2D eigenvalue weighted by Gasteiger charge is -2.41. The van der Waals surface area contributed by atoms with Gasteiger partial charge in [-0.2, -0.15) is 0 Å². The SMILES string of the molecule is C=CCCCOC(=O)[C@H]1[C@H]2C(=O)N([C@@H](CO)C(C)C)C(C(=O)N(CC=C)c3ccc4ccccc4c3)C23CC(Br)[C@@H]1S3. The van der Waals surface area contributed by atoms with E-state index < -0.39 is 34.6 Å². The van der Waals surface area contributed by atoms with Crippen molar-refractivity contribution >= 4 is 61.9 Å². The van der Waals surface area contributed by atoms with Gasteiger partial charge in [0.1, 0.15) is 6.04 Å². The van der Waals surface area contributed by atoms with Crippen molar-refractivity contribution < 1.29 is 24.2 Å². The number of benzene rings is 2. The summed E-state index contributed by atoms with van der Waals surface area (Å²) in [7, 11) is 0. The van der Waals surface area contributed by atoms with E-state index in [2.05, 4.69) is 29.1 Å². The Hall–Kier alpha value is -2.62. The summed E-state index contributed by atoms with van der Waals surface area (Å²) in [5.74, 6) is -2.36. The number of aliphatic hydroxyl groups excluding tert-OH is 1. The third-order valence-electron chi connectivity index (χ3n) is 8.97. The van der Waals surface area contributed by atoms with E-state index in [1.54, 1.807) is 33.7 Å². The lowest BCUT2D eigenvalue weighted by atomic mass is 9.71. The molecule has 0 saturated carbocycles. The number of likely N-dealkylation sites (tertiary alicyclic amines) is 1. The van der Waals surface area contributed by atoms with Gasteiger partial charge in [0.25, 0.3) is 5.91 Å². The van der Waals surface area contributed by atoms with E-state index in [1.165, 1.54) is 0 Å². The van der Waals surface area contributed by atoms with E-state index in [0.29, 0.717) is 18.5 Å². The Morgan fingerprint density at radius 3 is 2.62 bits per heavy atom. The predicted molar refractivity (Wildman–Crippen MR) is 172 cm³/mol. The highest BCUT2D eigenvalue weighted by atomic mass is 79.9. The minimum absolute atomic E-state index is 0.0623. The van der Waals surface area contributed by atoms with E-state index in [9.17, 15) is 19.5 Å². The predicted octanol–water partition coefficient (Wildman–Crippen LogP) is 5.35. The molecule has 9 heteroatoms. The Labute approximate surface area is 260 Å². The van der Waals surface area contributed by atoms with E-state index >= 15 is 0 Å². The first-order valence-electron chi connectivity index (χ1n) is 14.6. The number of carbonyl (C=O) groups is 3.